The average molecular weight is 253 g/mol. The zero-order valence-electron chi connectivity index (χ0n) is 9.47. The van der Waals surface area contributed by atoms with Gasteiger partial charge in [-0.3, -0.25) is 0 Å². The second-order valence-electron chi connectivity index (χ2n) is 4.68. The van der Waals surface area contributed by atoms with Gasteiger partial charge in [0.05, 0.1) is 5.75 Å². The summed E-state index contributed by atoms with van der Waals surface area (Å²) in [5.74, 6) is 1.19. The van der Waals surface area contributed by atoms with E-state index in [1.54, 1.807) is 6.92 Å². The lowest BCUT2D eigenvalue weighted by atomic mass is 9.74. The SMILES string of the molecule is CCS(=O)(=O)CCC1(CCl)CCCCC1. The van der Waals surface area contributed by atoms with Gasteiger partial charge in [0.15, 0.2) is 0 Å². The first-order valence-corrected chi connectivity index (χ1v) is 8.16. The standard InChI is InChI=1S/C11H21ClO2S/c1-2-15(13,14)9-8-11(10-12)6-4-3-5-7-11/h2-10H2,1H3. The number of halogens is 1. The average Bonchev–Trinajstić information content (AvgIpc) is 2.28. The van der Waals surface area contributed by atoms with Crippen molar-refractivity contribution in [1.82, 2.24) is 0 Å². The topological polar surface area (TPSA) is 34.1 Å². The lowest BCUT2D eigenvalue weighted by molar-refractivity contribution is 0.213. The molecule has 0 heterocycles. The second kappa shape index (κ2) is 5.53. The van der Waals surface area contributed by atoms with Crippen LogP contribution in [0.1, 0.15) is 45.4 Å². The fraction of sp³-hybridized carbons (Fsp3) is 1.00. The van der Waals surface area contributed by atoms with Crippen LogP contribution in [-0.4, -0.2) is 25.8 Å². The molecule has 1 aliphatic rings. The molecule has 0 radical (unpaired) electrons. The Balaban J connectivity index is 2.53. The summed E-state index contributed by atoms with van der Waals surface area (Å²) in [4.78, 5) is 0. The molecule has 2 nitrogen and oxygen atoms in total. The highest BCUT2D eigenvalue weighted by Gasteiger charge is 2.32. The van der Waals surface area contributed by atoms with E-state index in [-0.39, 0.29) is 11.2 Å². The van der Waals surface area contributed by atoms with Gasteiger partial charge in [-0.2, -0.15) is 0 Å². The lowest BCUT2D eigenvalue weighted by Crippen LogP contribution is -2.29. The quantitative estimate of drug-likeness (QED) is 0.705. The van der Waals surface area contributed by atoms with Gasteiger partial charge >= 0.3 is 0 Å². The number of alkyl halides is 1. The molecule has 0 bridgehead atoms. The summed E-state index contributed by atoms with van der Waals surface area (Å²) < 4.78 is 22.9. The maximum absolute atomic E-state index is 11.5. The highest BCUT2D eigenvalue weighted by atomic mass is 35.5. The van der Waals surface area contributed by atoms with Gasteiger partial charge < -0.3 is 0 Å². The number of sulfone groups is 1. The summed E-state index contributed by atoms with van der Waals surface area (Å²) in [6, 6.07) is 0. The van der Waals surface area contributed by atoms with Crippen molar-refractivity contribution in [3.8, 4) is 0 Å². The Bertz CT molecular complexity index is 279. The first-order chi connectivity index (χ1) is 7.04. The van der Waals surface area contributed by atoms with Crippen LogP contribution in [0.15, 0.2) is 0 Å². The third kappa shape index (κ3) is 3.95. The van der Waals surface area contributed by atoms with Crippen molar-refractivity contribution in [2.24, 2.45) is 5.41 Å². The van der Waals surface area contributed by atoms with E-state index in [0.29, 0.717) is 11.6 Å². The molecular weight excluding hydrogens is 232 g/mol. The minimum atomic E-state index is -2.83. The third-order valence-electron chi connectivity index (χ3n) is 3.58. The molecule has 0 unspecified atom stereocenters. The highest BCUT2D eigenvalue weighted by molar-refractivity contribution is 7.91. The summed E-state index contributed by atoms with van der Waals surface area (Å²) in [5.41, 5.74) is 0.113. The zero-order chi connectivity index (χ0) is 11.4. The molecule has 1 fully saturated rings. The minimum Gasteiger partial charge on any atom is -0.229 e. The van der Waals surface area contributed by atoms with E-state index in [4.69, 9.17) is 11.6 Å². The Morgan fingerprint density at radius 1 is 1.20 bits per heavy atom. The van der Waals surface area contributed by atoms with Gasteiger partial charge in [0.1, 0.15) is 9.84 Å². The molecule has 15 heavy (non-hydrogen) atoms. The Morgan fingerprint density at radius 2 is 1.80 bits per heavy atom. The highest BCUT2D eigenvalue weighted by Crippen LogP contribution is 2.40. The van der Waals surface area contributed by atoms with Crippen molar-refractivity contribution in [2.45, 2.75) is 45.4 Å². The van der Waals surface area contributed by atoms with E-state index in [1.165, 1.54) is 19.3 Å². The van der Waals surface area contributed by atoms with Crippen molar-refractivity contribution >= 4 is 21.4 Å². The predicted octanol–water partition coefficient (Wildman–Crippen LogP) is 3.00. The van der Waals surface area contributed by atoms with E-state index >= 15 is 0 Å². The molecule has 90 valence electrons. The van der Waals surface area contributed by atoms with E-state index < -0.39 is 9.84 Å². The Hall–Kier alpha value is 0.240. The Kier molecular flexibility index (Phi) is 4.91. The lowest BCUT2D eigenvalue weighted by Gasteiger charge is -2.35. The van der Waals surface area contributed by atoms with Gasteiger partial charge in [-0.25, -0.2) is 8.42 Å². The first-order valence-electron chi connectivity index (χ1n) is 5.80. The molecule has 0 saturated heterocycles. The molecule has 0 N–H and O–H groups in total. The number of hydrogen-bond acceptors (Lipinski definition) is 2. The van der Waals surface area contributed by atoms with Crippen LogP contribution in [0, 0.1) is 5.41 Å². The Labute approximate surface area is 98.3 Å². The molecule has 1 aliphatic carbocycles. The maximum Gasteiger partial charge on any atom is 0.150 e. The van der Waals surface area contributed by atoms with Gasteiger partial charge in [0.25, 0.3) is 0 Å². The van der Waals surface area contributed by atoms with Crippen LogP contribution in [0.3, 0.4) is 0 Å². The molecular formula is C11H21ClO2S. The van der Waals surface area contributed by atoms with Gasteiger partial charge in [-0.05, 0) is 24.7 Å². The zero-order valence-corrected chi connectivity index (χ0v) is 11.0. The van der Waals surface area contributed by atoms with E-state index in [1.807, 2.05) is 0 Å². The monoisotopic (exact) mass is 252 g/mol. The van der Waals surface area contributed by atoms with E-state index in [9.17, 15) is 8.42 Å². The van der Waals surface area contributed by atoms with Crippen LogP contribution in [0.25, 0.3) is 0 Å². The summed E-state index contributed by atoms with van der Waals surface area (Å²) in [7, 11) is -2.83. The van der Waals surface area contributed by atoms with Gasteiger partial charge in [0.2, 0.25) is 0 Å². The van der Waals surface area contributed by atoms with Crippen molar-refractivity contribution in [3.05, 3.63) is 0 Å². The summed E-state index contributed by atoms with van der Waals surface area (Å²) >= 11 is 6.01. The summed E-state index contributed by atoms with van der Waals surface area (Å²) in [6.07, 6.45) is 6.66. The predicted molar refractivity (Wildman–Crippen MR) is 65.2 cm³/mol. The smallest absolute Gasteiger partial charge is 0.150 e. The molecule has 4 heteroatoms. The molecule has 0 aromatic carbocycles. The number of rotatable bonds is 5. The molecule has 0 aromatic heterocycles. The van der Waals surface area contributed by atoms with Crippen LogP contribution in [0.5, 0.6) is 0 Å². The molecule has 0 aliphatic heterocycles. The molecule has 1 saturated carbocycles. The molecule has 0 atom stereocenters. The van der Waals surface area contributed by atoms with Crippen LogP contribution in [0.4, 0.5) is 0 Å². The van der Waals surface area contributed by atoms with Crippen molar-refractivity contribution in [3.63, 3.8) is 0 Å². The fourth-order valence-corrected chi connectivity index (χ4v) is 3.70. The first kappa shape index (κ1) is 13.3. The normalized spacial score (nSPS) is 21.5. The Morgan fingerprint density at radius 3 is 2.27 bits per heavy atom. The molecule has 0 spiro atoms. The van der Waals surface area contributed by atoms with Crippen molar-refractivity contribution in [2.75, 3.05) is 17.4 Å². The van der Waals surface area contributed by atoms with E-state index in [2.05, 4.69) is 0 Å². The molecule has 1 rings (SSSR count). The molecule has 0 amide bonds. The van der Waals surface area contributed by atoms with Gasteiger partial charge in [-0.1, -0.05) is 26.2 Å². The van der Waals surface area contributed by atoms with E-state index in [0.717, 1.165) is 19.3 Å². The van der Waals surface area contributed by atoms with Crippen molar-refractivity contribution in [1.29, 1.82) is 0 Å². The fourth-order valence-electron chi connectivity index (χ4n) is 2.27. The third-order valence-corrected chi connectivity index (χ3v) is 5.85. The summed E-state index contributed by atoms with van der Waals surface area (Å²) in [5, 5.41) is 0. The van der Waals surface area contributed by atoms with Crippen LogP contribution >= 0.6 is 11.6 Å². The minimum absolute atomic E-state index is 0.113. The van der Waals surface area contributed by atoms with Gasteiger partial charge in [-0.15, -0.1) is 11.6 Å². The van der Waals surface area contributed by atoms with Crippen LogP contribution in [0.2, 0.25) is 0 Å². The van der Waals surface area contributed by atoms with Crippen LogP contribution in [-0.2, 0) is 9.84 Å². The second-order valence-corrected chi connectivity index (χ2v) is 7.42. The van der Waals surface area contributed by atoms with Crippen molar-refractivity contribution < 1.29 is 8.42 Å². The summed E-state index contributed by atoms with van der Waals surface area (Å²) in [6.45, 7) is 1.71. The molecule has 0 aromatic rings. The van der Waals surface area contributed by atoms with Gasteiger partial charge in [0, 0.05) is 11.6 Å². The maximum atomic E-state index is 11.5. The van der Waals surface area contributed by atoms with Crippen LogP contribution < -0.4 is 0 Å². The largest absolute Gasteiger partial charge is 0.229 e. The number of hydrogen-bond donors (Lipinski definition) is 0.